The Hall–Kier alpha value is 3.99. The summed E-state index contributed by atoms with van der Waals surface area (Å²) in [6.07, 6.45) is 0. The molecule has 0 saturated carbocycles. The maximum absolute atomic E-state index is 0. The van der Waals surface area contributed by atoms with Crippen LogP contribution in [0.1, 0.15) is 0 Å². The minimum atomic E-state index is 0. The number of hydrogen-bond donors (Lipinski definition) is 0. The Bertz CT molecular complexity index is 0. The van der Waals surface area contributed by atoms with Crippen LogP contribution in [0.5, 0.6) is 0 Å². The van der Waals surface area contributed by atoms with Crippen LogP contribution in [0.25, 0.3) is 0 Å². The van der Waals surface area contributed by atoms with Crippen LogP contribution in [0.2, 0.25) is 0 Å². The summed E-state index contributed by atoms with van der Waals surface area (Å²) in [7, 11) is 0. The smallest absolute Gasteiger partial charge is 0 e. The molecule has 0 nitrogen and oxygen atoms in total. The zero-order chi connectivity index (χ0) is 0. The third kappa shape index (κ3) is 18.0. The summed E-state index contributed by atoms with van der Waals surface area (Å²) < 4.78 is 0. The van der Waals surface area contributed by atoms with Gasteiger partial charge in [-0.15, -0.1) is 0 Å². The molecule has 0 rings (SSSR count). The Labute approximate surface area is 117 Å². The van der Waals surface area contributed by atoms with Gasteiger partial charge < -0.3 is 0 Å². The van der Waals surface area contributed by atoms with Crippen LogP contribution in [-0.2, 0) is 0 Å². The largest absolute Gasteiger partial charge is 0 e. The van der Waals surface area contributed by atoms with Gasteiger partial charge in [-0.3, -0.25) is 0 Å². The van der Waals surface area contributed by atoms with E-state index in [1.54, 1.807) is 0 Å². The van der Waals surface area contributed by atoms with Gasteiger partial charge in [0.2, 0.25) is 0 Å². The zero-order valence-electron chi connectivity index (χ0n) is 2.50. The van der Waals surface area contributed by atoms with Crippen molar-refractivity contribution in [3.05, 3.63) is 0 Å². The molecule has 0 amide bonds. The number of rotatable bonds is 0. The Morgan fingerprint density at radius 1 is 0.200 bits per heavy atom. The molecule has 0 atom stereocenters. The van der Waals surface area contributed by atoms with Gasteiger partial charge in [0.15, 0.2) is 0 Å². The Morgan fingerprint density at radius 3 is 0.200 bits per heavy atom. The van der Waals surface area contributed by atoms with Crippen LogP contribution in [0, 0.1) is 0 Å². The van der Waals surface area contributed by atoms with Crippen molar-refractivity contribution in [2.24, 2.45) is 0 Å². The molecule has 20 radical (unpaired) electrons. The first-order chi connectivity index (χ1) is 0. The molecule has 0 bridgehead atoms. The van der Waals surface area contributed by atoms with Crippen molar-refractivity contribution in [2.75, 3.05) is 0 Å². The molecule has 0 spiro atoms. The second kappa shape index (κ2) is 24.5. The van der Waals surface area contributed by atoms with Gasteiger partial charge >= 0.3 is 0 Å². The van der Waals surface area contributed by atoms with E-state index in [2.05, 4.69) is 0 Å². The summed E-state index contributed by atoms with van der Waals surface area (Å²) in [4.78, 5) is 0. The molecule has 0 unspecified atom stereocenters. The fourth-order valence-electron chi connectivity index (χ4n) is 0. The van der Waals surface area contributed by atoms with Gasteiger partial charge in [0.05, 0.1) is 0 Å². The van der Waals surface area contributed by atoms with Crippen LogP contribution in [-0.4, -0.2) is 120 Å². The van der Waals surface area contributed by atoms with E-state index in [9.17, 15) is 0 Å². The molecule has 0 aromatic rings. The Balaban J connectivity index is 0. The molecular weight excluding hydrogens is 594 g/mol. The van der Waals surface area contributed by atoms with Gasteiger partial charge in [-0.25, -0.2) is 0 Å². The van der Waals surface area contributed by atoms with Gasteiger partial charge in [0, 0.05) is 120 Å². The molecule has 0 aliphatic carbocycles. The van der Waals surface area contributed by atoms with Gasteiger partial charge in [-0.2, -0.15) is 0 Å². The fraction of sp³-hybridized carbons (Fsp3) is 0. The monoisotopic (exact) mass is 600 g/mol. The van der Waals surface area contributed by atoms with Crippen molar-refractivity contribution in [1.29, 1.82) is 0 Å². The second-order valence-electron chi connectivity index (χ2n) is 0. The first-order valence-electron chi connectivity index (χ1n) is 0. The fourth-order valence-corrected chi connectivity index (χ4v) is 0. The maximum atomic E-state index is 0. The summed E-state index contributed by atoms with van der Waals surface area (Å²) >= 11 is 0. The molecule has 0 heterocycles. The van der Waals surface area contributed by atoms with Crippen molar-refractivity contribution in [3.63, 3.8) is 0 Å². The van der Waals surface area contributed by atoms with Gasteiger partial charge in [0.25, 0.3) is 0 Å². The van der Waals surface area contributed by atoms with Gasteiger partial charge in [-0.05, 0) is 0 Å². The van der Waals surface area contributed by atoms with Crippen LogP contribution in [0.4, 0.5) is 0 Å². The standard InChI is InChI=1S/5Sn. The summed E-state index contributed by atoms with van der Waals surface area (Å²) in [6.45, 7) is 0. The average Bonchev–Trinajstić information content (AvgIpc) is 0. The molecule has 0 saturated heterocycles. The first-order valence-corrected chi connectivity index (χ1v) is 0. The second-order valence-corrected chi connectivity index (χ2v) is 0. The van der Waals surface area contributed by atoms with Crippen LogP contribution in [0.15, 0.2) is 0 Å². The first kappa shape index (κ1) is 36.0. The van der Waals surface area contributed by atoms with Crippen molar-refractivity contribution < 1.29 is 0 Å². The van der Waals surface area contributed by atoms with E-state index in [0.717, 1.165) is 0 Å². The zero-order valence-corrected chi connectivity index (χ0v) is 16.8. The molecule has 5 heteroatoms. The molecule has 0 aromatic heterocycles. The minimum absolute atomic E-state index is 0. The van der Waals surface area contributed by atoms with Crippen molar-refractivity contribution in [2.45, 2.75) is 0 Å². The molecule has 5 heavy (non-hydrogen) atoms. The Morgan fingerprint density at radius 2 is 0.200 bits per heavy atom. The van der Waals surface area contributed by atoms with Crippen LogP contribution >= 0.6 is 0 Å². The van der Waals surface area contributed by atoms with E-state index in [-0.39, 0.29) is 120 Å². The van der Waals surface area contributed by atoms with Gasteiger partial charge in [0.1, 0.15) is 0 Å². The van der Waals surface area contributed by atoms with E-state index >= 15 is 0 Å². The van der Waals surface area contributed by atoms with Gasteiger partial charge in [-0.1, -0.05) is 0 Å². The van der Waals surface area contributed by atoms with E-state index in [0.29, 0.717) is 0 Å². The van der Waals surface area contributed by atoms with E-state index < -0.39 is 0 Å². The molecule has 20 valence electrons. The molecule has 0 aliphatic heterocycles. The third-order valence-corrected chi connectivity index (χ3v) is 0. The summed E-state index contributed by atoms with van der Waals surface area (Å²) in [5.41, 5.74) is 0. The normalized spacial score (nSPS) is 0. The van der Waals surface area contributed by atoms with Crippen molar-refractivity contribution in [3.8, 4) is 0 Å². The maximum Gasteiger partial charge on any atom is 0 e. The number of hydrogen-bond acceptors (Lipinski definition) is 0. The average molecular weight is 594 g/mol. The molecule has 0 fully saturated rings. The third-order valence-electron chi connectivity index (χ3n) is 0. The molecule has 0 aliphatic rings. The van der Waals surface area contributed by atoms with Crippen LogP contribution in [0.3, 0.4) is 0 Å². The minimum Gasteiger partial charge on any atom is 0 e. The topological polar surface area (TPSA) is 0 Å². The van der Waals surface area contributed by atoms with E-state index in [4.69, 9.17) is 0 Å². The molecular formula is Sn5. The summed E-state index contributed by atoms with van der Waals surface area (Å²) in [6, 6.07) is 0. The summed E-state index contributed by atoms with van der Waals surface area (Å²) in [5, 5.41) is 0. The molecule has 0 N–H and O–H groups in total. The Kier molecular flexibility index (Phi) is 177. The predicted octanol–water partition coefficient (Wildman–Crippen LogP) is -1.90. The van der Waals surface area contributed by atoms with Crippen LogP contribution < -0.4 is 0 Å². The molecule has 0 aromatic carbocycles. The van der Waals surface area contributed by atoms with E-state index in [1.165, 1.54) is 0 Å². The summed E-state index contributed by atoms with van der Waals surface area (Å²) in [5.74, 6) is 0. The SMILES string of the molecule is [Sn].[Sn].[Sn].[Sn].[Sn]. The van der Waals surface area contributed by atoms with Crippen molar-refractivity contribution in [1.82, 2.24) is 0 Å². The quantitative estimate of drug-likeness (QED) is 0.288. The van der Waals surface area contributed by atoms with E-state index in [1.807, 2.05) is 0 Å². The van der Waals surface area contributed by atoms with Crippen molar-refractivity contribution >= 4 is 120 Å². The predicted molar refractivity (Wildman–Crippen MR) is 28.8 cm³/mol.